The van der Waals surface area contributed by atoms with Gasteiger partial charge in [0.15, 0.2) is 0 Å². The Hall–Kier alpha value is -0.380. The Kier molecular flexibility index (Phi) is 4.00. The number of hydrogen-bond donors (Lipinski definition) is 2. The molecule has 1 heterocycles. The minimum absolute atomic E-state index is 0.152. The fourth-order valence-corrected chi connectivity index (χ4v) is 3.40. The van der Waals surface area contributed by atoms with Gasteiger partial charge in [-0.05, 0) is 36.6 Å². The van der Waals surface area contributed by atoms with Crippen molar-refractivity contribution in [3.05, 3.63) is 22.4 Å². The summed E-state index contributed by atoms with van der Waals surface area (Å²) in [5, 5.41) is 15.6. The first-order valence-electron chi connectivity index (χ1n) is 6.16. The Bertz CT molecular complexity index is 310. The van der Waals surface area contributed by atoms with Gasteiger partial charge in [-0.25, -0.2) is 0 Å². The monoisotopic (exact) mass is 239 g/mol. The highest BCUT2D eigenvalue weighted by atomic mass is 32.1. The molecule has 1 saturated carbocycles. The molecule has 1 aliphatic carbocycles. The van der Waals surface area contributed by atoms with Crippen molar-refractivity contribution in [3.63, 3.8) is 0 Å². The summed E-state index contributed by atoms with van der Waals surface area (Å²) in [6, 6.07) is 4.96. The van der Waals surface area contributed by atoms with E-state index in [1.165, 1.54) is 4.88 Å². The Labute approximate surface area is 102 Å². The molecule has 2 rings (SSSR count). The van der Waals surface area contributed by atoms with Gasteiger partial charge in [-0.15, -0.1) is 11.3 Å². The van der Waals surface area contributed by atoms with Crippen molar-refractivity contribution in [3.8, 4) is 0 Å². The van der Waals surface area contributed by atoms with E-state index in [4.69, 9.17) is 0 Å². The SMILES string of the molecule is CC(C)C(N[C@H]1CCC[C@@H]1O)c1cccs1. The van der Waals surface area contributed by atoms with E-state index in [-0.39, 0.29) is 12.1 Å². The fourth-order valence-electron chi connectivity index (χ4n) is 2.44. The van der Waals surface area contributed by atoms with Gasteiger partial charge in [0.1, 0.15) is 0 Å². The molecule has 0 aromatic carbocycles. The van der Waals surface area contributed by atoms with Crippen LogP contribution in [0.4, 0.5) is 0 Å². The summed E-state index contributed by atoms with van der Waals surface area (Å²) >= 11 is 1.80. The lowest BCUT2D eigenvalue weighted by atomic mass is 10.0. The van der Waals surface area contributed by atoms with E-state index in [0.29, 0.717) is 12.0 Å². The minimum Gasteiger partial charge on any atom is -0.392 e. The van der Waals surface area contributed by atoms with Gasteiger partial charge in [0, 0.05) is 17.0 Å². The molecule has 3 atom stereocenters. The lowest BCUT2D eigenvalue weighted by molar-refractivity contribution is 0.138. The van der Waals surface area contributed by atoms with Gasteiger partial charge in [-0.2, -0.15) is 0 Å². The second-order valence-electron chi connectivity index (χ2n) is 5.01. The standard InChI is InChI=1S/C13H21NOS/c1-9(2)13(12-7-4-8-16-12)14-10-5-3-6-11(10)15/h4,7-11,13-15H,3,5-6H2,1-2H3/t10-,11-,13?/m0/s1. The third-order valence-corrected chi connectivity index (χ3v) is 4.34. The molecule has 3 heteroatoms. The van der Waals surface area contributed by atoms with Crippen LogP contribution in [0.1, 0.15) is 44.0 Å². The molecule has 0 spiro atoms. The summed E-state index contributed by atoms with van der Waals surface area (Å²) in [4.78, 5) is 1.38. The topological polar surface area (TPSA) is 32.3 Å². The quantitative estimate of drug-likeness (QED) is 0.846. The molecule has 90 valence electrons. The first kappa shape index (κ1) is 12.1. The molecule has 1 fully saturated rings. The van der Waals surface area contributed by atoms with Crippen LogP contribution >= 0.6 is 11.3 Å². The Morgan fingerprint density at radius 1 is 1.44 bits per heavy atom. The molecule has 1 aromatic heterocycles. The maximum absolute atomic E-state index is 9.86. The summed E-state index contributed by atoms with van der Waals surface area (Å²) < 4.78 is 0. The van der Waals surface area contributed by atoms with Crippen LogP contribution in [-0.4, -0.2) is 17.3 Å². The minimum atomic E-state index is -0.152. The van der Waals surface area contributed by atoms with E-state index in [0.717, 1.165) is 19.3 Å². The summed E-state index contributed by atoms with van der Waals surface area (Å²) in [6.07, 6.45) is 3.05. The highest BCUT2D eigenvalue weighted by Crippen LogP contribution is 2.29. The third-order valence-electron chi connectivity index (χ3n) is 3.39. The molecule has 2 nitrogen and oxygen atoms in total. The second-order valence-corrected chi connectivity index (χ2v) is 5.99. The maximum Gasteiger partial charge on any atom is 0.0693 e. The molecule has 0 saturated heterocycles. The number of hydrogen-bond acceptors (Lipinski definition) is 3. The van der Waals surface area contributed by atoms with Crippen molar-refractivity contribution < 1.29 is 5.11 Å². The average molecular weight is 239 g/mol. The number of thiophene rings is 1. The van der Waals surface area contributed by atoms with E-state index in [2.05, 4.69) is 36.7 Å². The summed E-state index contributed by atoms with van der Waals surface area (Å²) in [5.41, 5.74) is 0. The van der Waals surface area contributed by atoms with Gasteiger partial charge in [-0.1, -0.05) is 19.9 Å². The van der Waals surface area contributed by atoms with Gasteiger partial charge in [0.25, 0.3) is 0 Å². The van der Waals surface area contributed by atoms with Gasteiger partial charge in [0.05, 0.1) is 6.10 Å². The van der Waals surface area contributed by atoms with Crippen LogP contribution in [0.3, 0.4) is 0 Å². The van der Waals surface area contributed by atoms with Crippen LogP contribution in [0.15, 0.2) is 17.5 Å². The second kappa shape index (κ2) is 5.30. The fraction of sp³-hybridized carbons (Fsp3) is 0.692. The molecular weight excluding hydrogens is 218 g/mol. The van der Waals surface area contributed by atoms with Gasteiger partial charge >= 0.3 is 0 Å². The zero-order valence-electron chi connectivity index (χ0n) is 10.0. The molecular formula is C13H21NOS. The molecule has 2 N–H and O–H groups in total. The van der Waals surface area contributed by atoms with Crippen LogP contribution in [0, 0.1) is 5.92 Å². The molecule has 0 bridgehead atoms. The third kappa shape index (κ3) is 2.65. The molecule has 0 amide bonds. The number of rotatable bonds is 4. The molecule has 1 aromatic rings. The van der Waals surface area contributed by atoms with E-state index < -0.39 is 0 Å². The number of aliphatic hydroxyl groups excluding tert-OH is 1. The highest BCUT2D eigenvalue weighted by Gasteiger charge is 2.29. The summed E-state index contributed by atoms with van der Waals surface area (Å²) in [5.74, 6) is 0.562. The average Bonchev–Trinajstić information content (AvgIpc) is 2.85. The van der Waals surface area contributed by atoms with Crippen LogP contribution in [0.5, 0.6) is 0 Å². The zero-order valence-corrected chi connectivity index (χ0v) is 10.8. The normalized spacial score (nSPS) is 27.5. The van der Waals surface area contributed by atoms with Crippen LogP contribution in [0.2, 0.25) is 0 Å². The Balaban J connectivity index is 2.03. The van der Waals surface area contributed by atoms with Crippen molar-refractivity contribution in [2.45, 2.75) is 51.3 Å². The van der Waals surface area contributed by atoms with Gasteiger partial charge in [-0.3, -0.25) is 0 Å². The molecule has 0 radical (unpaired) electrons. The van der Waals surface area contributed by atoms with Crippen molar-refractivity contribution >= 4 is 11.3 Å². The molecule has 1 aliphatic rings. The zero-order chi connectivity index (χ0) is 11.5. The van der Waals surface area contributed by atoms with E-state index in [9.17, 15) is 5.11 Å². The highest BCUT2D eigenvalue weighted by molar-refractivity contribution is 7.10. The van der Waals surface area contributed by atoms with E-state index >= 15 is 0 Å². The van der Waals surface area contributed by atoms with Crippen molar-refractivity contribution in [2.24, 2.45) is 5.92 Å². The summed E-state index contributed by atoms with van der Waals surface area (Å²) in [7, 11) is 0. The summed E-state index contributed by atoms with van der Waals surface area (Å²) in [6.45, 7) is 4.47. The lowest BCUT2D eigenvalue weighted by Gasteiger charge is -2.27. The van der Waals surface area contributed by atoms with Crippen molar-refractivity contribution in [1.82, 2.24) is 5.32 Å². The largest absolute Gasteiger partial charge is 0.392 e. The van der Waals surface area contributed by atoms with Crippen LogP contribution < -0.4 is 5.32 Å². The number of aliphatic hydroxyl groups is 1. The van der Waals surface area contributed by atoms with E-state index in [1.54, 1.807) is 11.3 Å². The van der Waals surface area contributed by atoms with Crippen molar-refractivity contribution in [2.75, 3.05) is 0 Å². The first-order valence-corrected chi connectivity index (χ1v) is 7.04. The lowest BCUT2D eigenvalue weighted by Crippen LogP contribution is -2.39. The van der Waals surface area contributed by atoms with Crippen molar-refractivity contribution in [1.29, 1.82) is 0 Å². The number of nitrogens with one attached hydrogen (secondary N) is 1. The molecule has 1 unspecified atom stereocenters. The maximum atomic E-state index is 9.86. The Morgan fingerprint density at radius 2 is 2.25 bits per heavy atom. The van der Waals surface area contributed by atoms with E-state index in [1.807, 2.05) is 0 Å². The molecule has 16 heavy (non-hydrogen) atoms. The predicted molar refractivity (Wildman–Crippen MR) is 68.7 cm³/mol. The van der Waals surface area contributed by atoms with Crippen LogP contribution in [-0.2, 0) is 0 Å². The van der Waals surface area contributed by atoms with Gasteiger partial charge in [0.2, 0.25) is 0 Å². The van der Waals surface area contributed by atoms with Gasteiger partial charge < -0.3 is 10.4 Å². The molecule has 0 aliphatic heterocycles. The van der Waals surface area contributed by atoms with Crippen LogP contribution in [0.25, 0.3) is 0 Å². The Morgan fingerprint density at radius 3 is 2.75 bits per heavy atom. The predicted octanol–water partition coefficient (Wildman–Crippen LogP) is 2.95. The first-order chi connectivity index (χ1) is 7.68. The smallest absolute Gasteiger partial charge is 0.0693 e.